The number of fused-ring (bicyclic) bond motifs is 1. The highest BCUT2D eigenvalue weighted by Crippen LogP contribution is 2.21. The van der Waals surface area contributed by atoms with Crippen LogP contribution in [0.1, 0.15) is 17.5 Å². The zero-order chi connectivity index (χ0) is 15.6. The Kier molecular flexibility index (Phi) is 3.40. The number of aromatic amines is 1. The number of rotatable bonds is 4. The summed E-state index contributed by atoms with van der Waals surface area (Å²) in [5.41, 5.74) is 3.82. The third-order valence-electron chi connectivity index (χ3n) is 3.88. The summed E-state index contributed by atoms with van der Waals surface area (Å²) in [7, 11) is 0. The molecule has 4 aromatic rings. The molecule has 0 aliphatic carbocycles. The molecule has 0 unspecified atom stereocenters. The van der Waals surface area contributed by atoms with Gasteiger partial charge in [-0.3, -0.25) is 0 Å². The summed E-state index contributed by atoms with van der Waals surface area (Å²) in [5.74, 6) is 0.589. The van der Waals surface area contributed by atoms with Gasteiger partial charge in [0.15, 0.2) is 0 Å². The molecular formula is C18H16N4O. The Morgan fingerprint density at radius 1 is 1.13 bits per heavy atom. The van der Waals surface area contributed by atoms with Crippen molar-refractivity contribution in [3.05, 3.63) is 78.6 Å². The molecule has 23 heavy (non-hydrogen) atoms. The Bertz CT molecular complexity index is 913. The zero-order valence-electron chi connectivity index (χ0n) is 12.4. The molecule has 0 radical (unpaired) electrons. The molecule has 114 valence electrons. The molecule has 0 amide bonds. The molecule has 0 bridgehead atoms. The number of nitrogens with zero attached hydrogens (tertiary/aromatic N) is 3. The minimum Gasteiger partial charge on any atom is -0.385 e. The number of nitrogens with one attached hydrogen (secondary N) is 1. The van der Waals surface area contributed by atoms with Crippen LogP contribution in [0.3, 0.4) is 0 Å². The highest BCUT2D eigenvalue weighted by atomic mass is 16.3. The highest BCUT2D eigenvalue weighted by molar-refractivity contribution is 5.77. The Morgan fingerprint density at radius 3 is 2.78 bits per heavy atom. The van der Waals surface area contributed by atoms with E-state index < -0.39 is 6.10 Å². The quantitative estimate of drug-likeness (QED) is 0.609. The number of benzene rings is 2. The molecule has 0 saturated heterocycles. The van der Waals surface area contributed by atoms with Gasteiger partial charge >= 0.3 is 0 Å². The molecule has 0 fully saturated rings. The second-order valence-corrected chi connectivity index (χ2v) is 5.50. The predicted octanol–water partition coefficient (Wildman–Crippen LogP) is 3.02. The lowest BCUT2D eigenvalue weighted by Gasteiger charge is -2.07. The monoisotopic (exact) mass is 304 g/mol. The summed E-state index contributed by atoms with van der Waals surface area (Å²) in [4.78, 5) is 11.8. The van der Waals surface area contributed by atoms with Crippen LogP contribution < -0.4 is 0 Å². The molecule has 4 rings (SSSR count). The second-order valence-electron chi connectivity index (χ2n) is 5.50. The van der Waals surface area contributed by atoms with E-state index in [2.05, 4.69) is 15.0 Å². The summed E-state index contributed by atoms with van der Waals surface area (Å²) in [6.45, 7) is 0. The van der Waals surface area contributed by atoms with E-state index in [1.165, 1.54) is 0 Å². The average Bonchev–Trinajstić information content (AvgIpc) is 3.24. The minimum absolute atomic E-state index is 0.537. The molecule has 0 aliphatic heterocycles. The van der Waals surface area contributed by atoms with Crippen LogP contribution in [-0.4, -0.2) is 24.6 Å². The fourth-order valence-corrected chi connectivity index (χ4v) is 2.68. The Balaban J connectivity index is 1.63. The summed E-state index contributed by atoms with van der Waals surface area (Å²) in [6.07, 6.45) is 5.26. The van der Waals surface area contributed by atoms with Crippen molar-refractivity contribution in [2.75, 3.05) is 0 Å². The molecule has 2 heterocycles. The van der Waals surface area contributed by atoms with E-state index in [-0.39, 0.29) is 0 Å². The number of aliphatic hydroxyl groups is 1. The summed E-state index contributed by atoms with van der Waals surface area (Å²) >= 11 is 0. The first-order valence-electron chi connectivity index (χ1n) is 7.49. The van der Waals surface area contributed by atoms with Crippen LogP contribution >= 0.6 is 0 Å². The van der Waals surface area contributed by atoms with Crippen LogP contribution in [-0.2, 0) is 6.42 Å². The average molecular weight is 304 g/mol. The molecule has 0 saturated carbocycles. The lowest BCUT2D eigenvalue weighted by Crippen LogP contribution is -2.03. The molecule has 2 N–H and O–H groups in total. The van der Waals surface area contributed by atoms with Crippen molar-refractivity contribution in [3.8, 4) is 5.69 Å². The van der Waals surface area contributed by atoms with Crippen molar-refractivity contribution < 1.29 is 5.11 Å². The smallest absolute Gasteiger partial charge is 0.136 e. The maximum absolute atomic E-state index is 10.4. The minimum atomic E-state index is -0.651. The Morgan fingerprint density at radius 2 is 2.00 bits per heavy atom. The van der Waals surface area contributed by atoms with Crippen LogP contribution in [0, 0.1) is 0 Å². The van der Waals surface area contributed by atoms with Crippen molar-refractivity contribution >= 4 is 11.0 Å². The van der Waals surface area contributed by atoms with Crippen LogP contribution in [0.15, 0.2) is 67.3 Å². The van der Waals surface area contributed by atoms with E-state index in [1.807, 2.05) is 59.3 Å². The van der Waals surface area contributed by atoms with Gasteiger partial charge < -0.3 is 14.7 Å². The molecule has 0 aliphatic rings. The van der Waals surface area contributed by atoms with Crippen LogP contribution in [0.5, 0.6) is 0 Å². The number of H-pyrrole nitrogens is 1. The fraction of sp³-hybridized carbons (Fsp3) is 0.111. The number of hydrogen-bond donors (Lipinski definition) is 2. The third kappa shape index (κ3) is 2.74. The van der Waals surface area contributed by atoms with Gasteiger partial charge in [-0.2, -0.15) is 0 Å². The van der Waals surface area contributed by atoms with Gasteiger partial charge in [0.05, 0.1) is 17.4 Å². The first-order chi connectivity index (χ1) is 11.3. The largest absolute Gasteiger partial charge is 0.385 e. The molecule has 2 aromatic heterocycles. The second kappa shape index (κ2) is 5.70. The van der Waals surface area contributed by atoms with E-state index in [0.29, 0.717) is 12.2 Å². The first-order valence-corrected chi connectivity index (χ1v) is 7.49. The van der Waals surface area contributed by atoms with E-state index >= 15 is 0 Å². The van der Waals surface area contributed by atoms with Gasteiger partial charge in [-0.15, -0.1) is 0 Å². The van der Waals surface area contributed by atoms with Crippen LogP contribution in [0.2, 0.25) is 0 Å². The lowest BCUT2D eigenvalue weighted by molar-refractivity contribution is 0.170. The topological polar surface area (TPSA) is 66.7 Å². The van der Waals surface area contributed by atoms with Gasteiger partial charge in [0.1, 0.15) is 11.9 Å². The van der Waals surface area contributed by atoms with E-state index in [1.54, 1.807) is 12.5 Å². The van der Waals surface area contributed by atoms with Gasteiger partial charge in [-0.25, -0.2) is 9.97 Å². The van der Waals surface area contributed by atoms with Crippen LogP contribution in [0.4, 0.5) is 0 Å². The van der Waals surface area contributed by atoms with E-state index in [0.717, 1.165) is 22.3 Å². The molecule has 1 atom stereocenters. The Labute approximate surface area is 133 Å². The summed E-state index contributed by atoms with van der Waals surface area (Å²) in [5, 5.41) is 10.4. The molecular weight excluding hydrogens is 288 g/mol. The van der Waals surface area contributed by atoms with Crippen molar-refractivity contribution in [1.82, 2.24) is 19.5 Å². The SMILES string of the molecule is O[C@@H](Cc1ccccc1)c1nc2cc(-n3ccnc3)ccc2[nH]1. The van der Waals surface area contributed by atoms with Crippen molar-refractivity contribution in [2.24, 2.45) is 0 Å². The van der Waals surface area contributed by atoms with Crippen LogP contribution in [0.25, 0.3) is 16.7 Å². The molecule has 2 aromatic carbocycles. The van der Waals surface area contributed by atoms with Crippen molar-refractivity contribution in [2.45, 2.75) is 12.5 Å². The Hall–Kier alpha value is -2.92. The van der Waals surface area contributed by atoms with Crippen molar-refractivity contribution in [1.29, 1.82) is 0 Å². The zero-order valence-corrected chi connectivity index (χ0v) is 12.4. The number of imidazole rings is 2. The number of aromatic nitrogens is 4. The van der Waals surface area contributed by atoms with E-state index in [9.17, 15) is 5.11 Å². The normalized spacial score (nSPS) is 12.6. The lowest BCUT2D eigenvalue weighted by atomic mass is 10.1. The molecule has 0 spiro atoms. The first kappa shape index (κ1) is 13.7. The molecule has 5 nitrogen and oxygen atoms in total. The number of aliphatic hydroxyl groups excluding tert-OH is 1. The highest BCUT2D eigenvalue weighted by Gasteiger charge is 2.13. The van der Waals surface area contributed by atoms with Crippen molar-refractivity contribution in [3.63, 3.8) is 0 Å². The fourth-order valence-electron chi connectivity index (χ4n) is 2.68. The summed E-state index contributed by atoms with van der Waals surface area (Å²) in [6, 6.07) is 15.9. The van der Waals surface area contributed by atoms with Gasteiger partial charge in [0.2, 0.25) is 0 Å². The van der Waals surface area contributed by atoms with Gasteiger partial charge in [-0.1, -0.05) is 30.3 Å². The third-order valence-corrected chi connectivity index (χ3v) is 3.88. The van der Waals surface area contributed by atoms with Gasteiger partial charge in [0, 0.05) is 24.5 Å². The standard InChI is InChI=1S/C18H16N4O/c23-17(10-13-4-2-1-3-5-13)18-20-15-7-6-14(11-16(15)21-18)22-9-8-19-12-22/h1-9,11-12,17,23H,10H2,(H,20,21)/t17-/m0/s1. The van der Waals surface area contributed by atoms with E-state index in [4.69, 9.17) is 0 Å². The van der Waals surface area contributed by atoms with Gasteiger partial charge in [-0.05, 0) is 23.8 Å². The maximum Gasteiger partial charge on any atom is 0.136 e. The predicted molar refractivity (Wildman–Crippen MR) is 88.3 cm³/mol. The number of hydrogen-bond acceptors (Lipinski definition) is 3. The summed E-state index contributed by atoms with van der Waals surface area (Å²) < 4.78 is 1.92. The molecule has 5 heteroatoms. The van der Waals surface area contributed by atoms with Gasteiger partial charge in [0.25, 0.3) is 0 Å². The maximum atomic E-state index is 10.4.